The summed E-state index contributed by atoms with van der Waals surface area (Å²) in [6.07, 6.45) is 4.32. The highest BCUT2D eigenvalue weighted by atomic mass is 16.6. The minimum Gasteiger partial charge on any atom is -0.508 e. The monoisotopic (exact) mass is 432 g/mol. The Balaban J connectivity index is 1.63. The molecule has 3 aromatic carbocycles. The fraction of sp³-hybridized carbons (Fsp3) is 0.0417. The molecule has 0 aliphatic heterocycles. The Bertz CT molecular complexity index is 1170. The van der Waals surface area contributed by atoms with E-state index in [1.54, 1.807) is 24.3 Å². The van der Waals surface area contributed by atoms with Crippen LogP contribution < -0.4 is 14.9 Å². The number of nitrogens with one attached hydrogen (secondary N) is 1. The molecule has 0 aromatic heterocycles. The van der Waals surface area contributed by atoms with Crippen LogP contribution in [-0.2, 0) is 4.79 Å². The average molecular weight is 432 g/mol. The van der Waals surface area contributed by atoms with Crippen LogP contribution in [-0.4, -0.2) is 35.4 Å². The summed E-state index contributed by atoms with van der Waals surface area (Å²) in [4.78, 5) is 24.2. The lowest BCUT2D eigenvalue weighted by atomic mass is 10.2. The second-order valence-corrected chi connectivity index (χ2v) is 6.48. The van der Waals surface area contributed by atoms with Crippen LogP contribution in [0.15, 0.2) is 77.9 Å². The number of phenolic OH excluding ortho intramolecular Hbond substituents is 2. The van der Waals surface area contributed by atoms with Crippen LogP contribution in [0.4, 0.5) is 0 Å². The Morgan fingerprint density at radius 2 is 1.72 bits per heavy atom. The zero-order valence-electron chi connectivity index (χ0n) is 17.1. The van der Waals surface area contributed by atoms with E-state index < -0.39 is 11.9 Å². The number of methoxy groups -OCH3 is 1. The van der Waals surface area contributed by atoms with Crippen molar-refractivity contribution in [1.29, 1.82) is 0 Å². The van der Waals surface area contributed by atoms with Crippen LogP contribution in [0, 0.1) is 0 Å². The maximum absolute atomic E-state index is 12.1. The van der Waals surface area contributed by atoms with Gasteiger partial charge in [-0.1, -0.05) is 30.3 Å². The van der Waals surface area contributed by atoms with E-state index in [0.29, 0.717) is 11.3 Å². The summed E-state index contributed by atoms with van der Waals surface area (Å²) in [5.41, 5.74) is 3.67. The van der Waals surface area contributed by atoms with Crippen LogP contribution in [0.1, 0.15) is 21.5 Å². The molecule has 0 heterocycles. The average Bonchev–Trinajstić information content (AvgIpc) is 2.79. The van der Waals surface area contributed by atoms with Crippen molar-refractivity contribution in [2.75, 3.05) is 7.11 Å². The lowest BCUT2D eigenvalue weighted by Gasteiger charge is -2.08. The molecule has 0 atom stereocenters. The van der Waals surface area contributed by atoms with Gasteiger partial charge in [-0.2, -0.15) is 5.10 Å². The summed E-state index contributed by atoms with van der Waals surface area (Å²) in [5, 5.41) is 22.8. The standard InChI is InChI=1S/C24H20N2O6/c1-31-22-13-17(15-25-26-24(30)19-10-9-18(27)14-20(19)28)7-11-21(22)32-23(29)12-8-16-5-3-2-4-6-16/h2-15,27-28H,1H3,(H,26,30)/b12-8+,25-15-. The first-order valence-electron chi connectivity index (χ1n) is 9.44. The number of hydrogen-bond donors (Lipinski definition) is 3. The molecule has 3 aromatic rings. The minimum absolute atomic E-state index is 0.0386. The highest BCUT2D eigenvalue weighted by Crippen LogP contribution is 2.28. The molecule has 0 radical (unpaired) electrons. The Hall–Kier alpha value is -4.59. The third-order valence-electron chi connectivity index (χ3n) is 4.22. The van der Waals surface area contributed by atoms with Gasteiger partial charge >= 0.3 is 5.97 Å². The maximum atomic E-state index is 12.1. The lowest BCUT2D eigenvalue weighted by molar-refractivity contribution is -0.129. The number of aromatic hydroxyl groups is 2. The number of ether oxygens (including phenoxy) is 2. The number of carbonyl (C=O) groups is 2. The van der Waals surface area contributed by atoms with E-state index in [1.807, 2.05) is 30.3 Å². The molecule has 32 heavy (non-hydrogen) atoms. The molecule has 0 spiro atoms. The van der Waals surface area contributed by atoms with Gasteiger partial charge in [0, 0.05) is 12.1 Å². The van der Waals surface area contributed by atoms with E-state index in [-0.39, 0.29) is 22.8 Å². The molecule has 0 unspecified atom stereocenters. The Kier molecular flexibility index (Phi) is 7.21. The van der Waals surface area contributed by atoms with Gasteiger partial charge in [-0.3, -0.25) is 4.79 Å². The number of rotatable bonds is 7. The van der Waals surface area contributed by atoms with Crippen LogP contribution in [0.5, 0.6) is 23.0 Å². The van der Waals surface area contributed by atoms with Gasteiger partial charge in [-0.15, -0.1) is 0 Å². The van der Waals surface area contributed by atoms with Crippen LogP contribution in [0.3, 0.4) is 0 Å². The van der Waals surface area contributed by atoms with E-state index in [0.717, 1.165) is 11.6 Å². The van der Waals surface area contributed by atoms with Gasteiger partial charge < -0.3 is 19.7 Å². The zero-order valence-corrected chi connectivity index (χ0v) is 17.1. The SMILES string of the molecule is COc1cc(/C=N\NC(=O)c2ccc(O)cc2O)ccc1OC(=O)/C=C/c1ccccc1. The van der Waals surface area contributed by atoms with Gasteiger partial charge in [0.1, 0.15) is 11.5 Å². The van der Waals surface area contributed by atoms with Crippen molar-refractivity contribution in [1.82, 2.24) is 5.43 Å². The molecule has 0 aliphatic carbocycles. The number of esters is 1. The van der Waals surface area contributed by atoms with E-state index in [1.165, 1.54) is 31.5 Å². The fourth-order valence-corrected chi connectivity index (χ4v) is 2.66. The molecular weight excluding hydrogens is 412 g/mol. The van der Waals surface area contributed by atoms with Crippen molar-refractivity contribution in [3.8, 4) is 23.0 Å². The highest BCUT2D eigenvalue weighted by molar-refractivity contribution is 5.97. The molecule has 162 valence electrons. The van der Waals surface area contributed by atoms with Crippen LogP contribution in [0.25, 0.3) is 6.08 Å². The predicted molar refractivity (Wildman–Crippen MR) is 119 cm³/mol. The van der Waals surface area contributed by atoms with Gasteiger partial charge in [0.25, 0.3) is 5.91 Å². The molecule has 8 nitrogen and oxygen atoms in total. The van der Waals surface area contributed by atoms with E-state index in [4.69, 9.17) is 9.47 Å². The smallest absolute Gasteiger partial charge is 0.336 e. The van der Waals surface area contributed by atoms with E-state index in [2.05, 4.69) is 10.5 Å². The number of benzene rings is 3. The summed E-state index contributed by atoms with van der Waals surface area (Å²) in [6, 6.07) is 17.7. The highest BCUT2D eigenvalue weighted by Gasteiger charge is 2.11. The van der Waals surface area contributed by atoms with Crippen molar-refractivity contribution < 1.29 is 29.3 Å². The predicted octanol–water partition coefficient (Wildman–Crippen LogP) is 3.49. The van der Waals surface area contributed by atoms with E-state index >= 15 is 0 Å². The van der Waals surface area contributed by atoms with E-state index in [9.17, 15) is 19.8 Å². The first-order chi connectivity index (χ1) is 15.5. The van der Waals surface area contributed by atoms with Crippen molar-refractivity contribution in [2.45, 2.75) is 0 Å². The lowest BCUT2D eigenvalue weighted by Crippen LogP contribution is -2.17. The quantitative estimate of drug-likeness (QED) is 0.173. The van der Waals surface area contributed by atoms with Gasteiger partial charge in [-0.25, -0.2) is 10.2 Å². The molecule has 0 bridgehead atoms. The minimum atomic E-state index is -0.651. The summed E-state index contributed by atoms with van der Waals surface area (Å²) in [6.45, 7) is 0. The number of phenols is 2. The molecule has 1 amide bonds. The molecule has 3 N–H and O–H groups in total. The molecule has 0 saturated heterocycles. The van der Waals surface area contributed by atoms with Gasteiger partial charge in [-0.05, 0) is 47.5 Å². The second-order valence-electron chi connectivity index (χ2n) is 6.48. The van der Waals surface area contributed by atoms with Gasteiger partial charge in [0.15, 0.2) is 11.5 Å². The van der Waals surface area contributed by atoms with Crippen molar-refractivity contribution in [3.63, 3.8) is 0 Å². The Labute approximate surface area is 184 Å². The number of nitrogens with zero attached hydrogens (tertiary/aromatic N) is 1. The normalized spacial score (nSPS) is 10.9. The molecule has 3 rings (SSSR count). The van der Waals surface area contributed by atoms with Crippen molar-refractivity contribution >= 4 is 24.2 Å². The molecular formula is C24H20N2O6. The second kappa shape index (κ2) is 10.4. The molecule has 0 saturated carbocycles. The number of hydrazone groups is 1. The molecule has 0 fully saturated rings. The number of hydrogen-bond acceptors (Lipinski definition) is 7. The summed E-state index contributed by atoms with van der Waals surface area (Å²) >= 11 is 0. The first kappa shape index (κ1) is 22.1. The number of amides is 1. The first-order valence-corrected chi connectivity index (χ1v) is 9.44. The number of carbonyl (C=O) groups excluding carboxylic acids is 2. The maximum Gasteiger partial charge on any atom is 0.336 e. The molecule has 0 aliphatic rings. The topological polar surface area (TPSA) is 117 Å². The Morgan fingerprint density at radius 3 is 2.44 bits per heavy atom. The zero-order chi connectivity index (χ0) is 22.9. The molecule has 8 heteroatoms. The van der Waals surface area contributed by atoms with Crippen LogP contribution in [0.2, 0.25) is 0 Å². The van der Waals surface area contributed by atoms with Crippen LogP contribution >= 0.6 is 0 Å². The fourth-order valence-electron chi connectivity index (χ4n) is 2.66. The Morgan fingerprint density at radius 1 is 0.938 bits per heavy atom. The third kappa shape index (κ3) is 5.96. The van der Waals surface area contributed by atoms with Gasteiger partial charge in [0.2, 0.25) is 0 Å². The van der Waals surface area contributed by atoms with Crippen molar-refractivity contribution in [3.05, 3.63) is 89.5 Å². The van der Waals surface area contributed by atoms with Crippen molar-refractivity contribution in [2.24, 2.45) is 5.10 Å². The third-order valence-corrected chi connectivity index (χ3v) is 4.22. The summed E-state index contributed by atoms with van der Waals surface area (Å²) in [7, 11) is 1.43. The van der Waals surface area contributed by atoms with Gasteiger partial charge in [0.05, 0.1) is 18.9 Å². The summed E-state index contributed by atoms with van der Waals surface area (Å²) in [5.74, 6) is -1.21. The largest absolute Gasteiger partial charge is 0.508 e. The summed E-state index contributed by atoms with van der Waals surface area (Å²) < 4.78 is 10.6.